The van der Waals surface area contributed by atoms with Crippen molar-refractivity contribution in [2.45, 2.75) is 6.54 Å². The van der Waals surface area contributed by atoms with Crippen LogP contribution in [-0.4, -0.2) is 15.1 Å². The van der Waals surface area contributed by atoms with Gasteiger partial charge in [-0.1, -0.05) is 15.9 Å². The van der Waals surface area contributed by atoms with E-state index in [-0.39, 0.29) is 5.82 Å². The van der Waals surface area contributed by atoms with Crippen molar-refractivity contribution in [2.75, 3.05) is 5.33 Å². The van der Waals surface area contributed by atoms with Crippen molar-refractivity contribution in [1.29, 1.82) is 0 Å². The highest BCUT2D eigenvalue weighted by Crippen LogP contribution is 1.94. The van der Waals surface area contributed by atoms with Crippen LogP contribution in [0.2, 0.25) is 0 Å². The molecule has 1 aromatic rings. The summed E-state index contributed by atoms with van der Waals surface area (Å²) >= 11 is 3.21. The fraction of sp³-hybridized carbons (Fsp3) is 0.400. The second-order valence-electron chi connectivity index (χ2n) is 1.61. The van der Waals surface area contributed by atoms with Crippen molar-refractivity contribution in [2.24, 2.45) is 0 Å². The number of alkyl halides is 1. The van der Waals surface area contributed by atoms with Gasteiger partial charge < -0.3 is 0 Å². The van der Waals surface area contributed by atoms with Crippen molar-refractivity contribution in [1.82, 2.24) is 9.78 Å². The number of halogens is 2. The second-order valence-corrected chi connectivity index (χ2v) is 2.40. The van der Waals surface area contributed by atoms with E-state index in [4.69, 9.17) is 0 Å². The molecule has 0 unspecified atom stereocenters. The average molecular weight is 193 g/mol. The summed E-state index contributed by atoms with van der Waals surface area (Å²) in [5.41, 5.74) is 0. The first-order valence-corrected chi connectivity index (χ1v) is 3.69. The Morgan fingerprint density at radius 2 is 2.56 bits per heavy atom. The Bertz CT molecular complexity index is 187. The van der Waals surface area contributed by atoms with Crippen LogP contribution in [0.5, 0.6) is 0 Å². The lowest BCUT2D eigenvalue weighted by Gasteiger charge is -1.91. The largest absolute Gasteiger partial charge is 0.269 e. The topological polar surface area (TPSA) is 17.8 Å². The van der Waals surface area contributed by atoms with Gasteiger partial charge in [0.25, 0.3) is 0 Å². The van der Waals surface area contributed by atoms with E-state index in [0.29, 0.717) is 6.54 Å². The number of rotatable bonds is 2. The maximum absolute atomic E-state index is 12.2. The normalized spacial score (nSPS) is 10.0. The number of nitrogens with zero attached hydrogens (tertiary/aromatic N) is 2. The molecule has 0 spiro atoms. The molecule has 0 aromatic carbocycles. The van der Waals surface area contributed by atoms with Gasteiger partial charge in [0.05, 0.1) is 18.9 Å². The molecule has 1 rings (SSSR count). The first kappa shape index (κ1) is 6.74. The van der Waals surface area contributed by atoms with E-state index in [1.165, 1.54) is 12.4 Å². The third kappa shape index (κ3) is 1.78. The molecule has 0 atom stereocenters. The number of hydrogen-bond donors (Lipinski definition) is 0. The SMILES string of the molecule is Fc1cnn(CCBr)c1. The molecule has 0 amide bonds. The summed E-state index contributed by atoms with van der Waals surface area (Å²) in [6, 6.07) is 0. The predicted octanol–water partition coefficient (Wildman–Crippen LogP) is 1.42. The van der Waals surface area contributed by atoms with Gasteiger partial charge in [0.2, 0.25) is 0 Å². The summed E-state index contributed by atoms with van der Waals surface area (Å²) < 4.78 is 13.7. The minimum Gasteiger partial charge on any atom is -0.269 e. The molecule has 50 valence electrons. The molecule has 0 N–H and O–H groups in total. The summed E-state index contributed by atoms with van der Waals surface area (Å²) in [5.74, 6) is -0.282. The van der Waals surface area contributed by atoms with E-state index in [0.717, 1.165) is 5.33 Å². The van der Waals surface area contributed by atoms with E-state index >= 15 is 0 Å². The highest BCUT2D eigenvalue weighted by Gasteiger charge is 1.92. The van der Waals surface area contributed by atoms with Crippen LogP contribution in [-0.2, 0) is 6.54 Å². The Morgan fingerprint density at radius 1 is 1.78 bits per heavy atom. The fourth-order valence-electron chi connectivity index (χ4n) is 0.547. The molecule has 2 nitrogen and oxygen atoms in total. The third-order valence-electron chi connectivity index (χ3n) is 0.915. The quantitative estimate of drug-likeness (QED) is 0.649. The molecule has 4 heteroatoms. The molecule has 0 saturated heterocycles. The minimum absolute atomic E-state index is 0.282. The summed E-state index contributed by atoms with van der Waals surface area (Å²) in [7, 11) is 0. The molecule has 0 radical (unpaired) electrons. The van der Waals surface area contributed by atoms with Gasteiger partial charge in [-0.3, -0.25) is 4.68 Å². The van der Waals surface area contributed by atoms with Gasteiger partial charge in [-0.15, -0.1) is 0 Å². The first-order chi connectivity index (χ1) is 4.33. The summed E-state index contributed by atoms with van der Waals surface area (Å²) in [6.45, 7) is 0.712. The fourth-order valence-corrected chi connectivity index (χ4v) is 0.911. The van der Waals surface area contributed by atoms with Crippen LogP contribution < -0.4 is 0 Å². The van der Waals surface area contributed by atoms with Gasteiger partial charge >= 0.3 is 0 Å². The first-order valence-electron chi connectivity index (χ1n) is 2.57. The maximum Gasteiger partial charge on any atom is 0.161 e. The van der Waals surface area contributed by atoms with Gasteiger partial charge in [-0.25, -0.2) is 4.39 Å². The van der Waals surface area contributed by atoms with Crippen LogP contribution in [0, 0.1) is 5.82 Å². The lowest BCUT2D eigenvalue weighted by molar-refractivity contribution is 0.617. The molecular formula is C5H6BrFN2. The van der Waals surface area contributed by atoms with Gasteiger partial charge in [0.1, 0.15) is 0 Å². The van der Waals surface area contributed by atoms with Crippen molar-refractivity contribution in [3.05, 3.63) is 18.2 Å². The molecule has 9 heavy (non-hydrogen) atoms. The van der Waals surface area contributed by atoms with E-state index < -0.39 is 0 Å². The molecule has 1 heterocycles. The van der Waals surface area contributed by atoms with Crippen molar-refractivity contribution >= 4 is 15.9 Å². The smallest absolute Gasteiger partial charge is 0.161 e. The Hall–Kier alpha value is -0.380. The molecule has 0 aliphatic carbocycles. The summed E-state index contributed by atoms with van der Waals surface area (Å²) in [6.07, 6.45) is 2.56. The predicted molar refractivity (Wildman–Crippen MR) is 36.0 cm³/mol. The van der Waals surface area contributed by atoms with Crippen LogP contribution in [0.15, 0.2) is 12.4 Å². The van der Waals surface area contributed by atoms with Gasteiger partial charge in [-0.05, 0) is 0 Å². The lowest BCUT2D eigenvalue weighted by atomic mass is 10.7. The summed E-state index contributed by atoms with van der Waals surface area (Å²) in [5, 5.41) is 4.52. The van der Waals surface area contributed by atoms with Crippen molar-refractivity contribution < 1.29 is 4.39 Å². The van der Waals surface area contributed by atoms with Crippen LogP contribution in [0.25, 0.3) is 0 Å². The van der Waals surface area contributed by atoms with Gasteiger partial charge in [-0.2, -0.15) is 5.10 Å². The molecule has 1 aromatic heterocycles. The van der Waals surface area contributed by atoms with Crippen LogP contribution >= 0.6 is 15.9 Å². The van der Waals surface area contributed by atoms with E-state index in [1.807, 2.05) is 0 Å². The Morgan fingerprint density at radius 3 is 3.00 bits per heavy atom. The molecule has 0 fully saturated rings. The number of hydrogen-bond acceptors (Lipinski definition) is 1. The molecular weight excluding hydrogens is 187 g/mol. The molecule has 0 aliphatic rings. The second kappa shape index (κ2) is 2.96. The highest BCUT2D eigenvalue weighted by molar-refractivity contribution is 9.09. The van der Waals surface area contributed by atoms with Crippen molar-refractivity contribution in [3.8, 4) is 0 Å². The minimum atomic E-state index is -0.282. The van der Waals surface area contributed by atoms with E-state index in [1.54, 1.807) is 4.68 Å². The Balaban J connectivity index is 2.61. The van der Waals surface area contributed by atoms with E-state index in [2.05, 4.69) is 21.0 Å². The van der Waals surface area contributed by atoms with Crippen LogP contribution in [0.3, 0.4) is 0 Å². The van der Waals surface area contributed by atoms with Gasteiger partial charge in [0.15, 0.2) is 5.82 Å². The van der Waals surface area contributed by atoms with Gasteiger partial charge in [0, 0.05) is 5.33 Å². The zero-order chi connectivity index (χ0) is 6.69. The number of aryl methyl sites for hydroxylation is 1. The standard InChI is InChI=1S/C5H6BrFN2/c6-1-2-9-4-5(7)3-8-9/h3-4H,1-2H2. The maximum atomic E-state index is 12.2. The monoisotopic (exact) mass is 192 g/mol. The zero-order valence-electron chi connectivity index (χ0n) is 4.72. The highest BCUT2D eigenvalue weighted by atomic mass is 79.9. The number of aromatic nitrogens is 2. The molecule has 0 saturated carbocycles. The average Bonchev–Trinajstić information content (AvgIpc) is 2.17. The third-order valence-corrected chi connectivity index (χ3v) is 1.27. The zero-order valence-corrected chi connectivity index (χ0v) is 6.31. The summed E-state index contributed by atoms with van der Waals surface area (Å²) in [4.78, 5) is 0. The van der Waals surface area contributed by atoms with E-state index in [9.17, 15) is 4.39 Å². The Labute approximate surface area is 60.8 Å². The molecule has 0 bridgehead atoms. The Kier molecular flexibility index (Phi) is 2.22. The van der Waals surface area contributed by atoms with Crippen LogP contribution in [0.4, 0.5) is 4.39 Å². The molecule has 0 aliphatic heterocycles. The lowest BCUT2D eigenvalue weighted by Crippen LogP contribution is -1.97. The van der Waals surface area contributed by atoms with Crippen molar-refractivity contribution in [3.63, 3.8) is 0 Å². The van der Waals surface area contributed by atoms with Crippen LogP contribution in [0.1, 0.15) is 0 Å².